The molecule has 0 saturated heterocycles. The summed E-state index contributed by atoms with van der Waals surface area (Å²) in [5.41, 5.74) is 4.38. The average Bonchev–Trinajstić information content (AvgIpc) is 2.14. The molecular formula is C11H15BO2Si. The highest BCUT2D eigenvalue weighted by Gasteiger charge is 2.14. The minimum atomic E-state index is -1.45. The Kier molecular flexibility index (Phi) is 3.75. The Morgan fingerprint density at radius 2 is 1.73 bits per heavy atom. The molecule has 0 radical (unpaired) electrons. The van der Waals surface area contributed by atoms with Gasteiger partial charge in [-0.1, -0.05) is 43.8 Å². The quantitative estimate of drug-likeness (QED) is 0.535. The van der Waals surface area contributed by atoms with Crippen LogP contribution in [0.1, 0.15) is 5.56 Å². The lowest BCUT2D eigenvalue weighted by atomic mass is 9.77. The molecule has 0 amide bonds. The van der Waals surface area contributed by atoms with Gasteiger partial charge in [0.2, 0.25) is 0 Å². The average molecular weight is 218 g/mol. The molecule has 0 unspecified atom stereocenters. The molecule has 0 spiro atoms. The molecule has 4 heteroatoms. The first-order chi connectivity index (χ1) is 6.90. The van der Waals surface area contributed by atoms with Crippen molar-refractivity contribution in [3.63, 3.8) is 0 Å². The smallest absolute Gasteiger partial charge is 0.423 e. The van der Waals surface area contributed by atoms with Crippen molar-refractivity contribution < 1.29 is 10.0 Å². The summed E-state index contributed by atoms with van der Waals surface area (Å²) in [6, 6.07) is 7.11. The van der Waals surface area contributed by atoms with Crippen molar-refractivity contribution in [3.8, 4) is 11.5 Å². The van der Waals surface area contributed by atoms with Crippen LogP contribution >= 0.6 is 0 Å². The van der Waals surface area contributed by atoms with Crippen molar-refractivity contribution in [1.29, 1.82) is 0 Å². The fraction of sp³-hybridized carbons (Fsp3) is 0.273. The Morgan fingerprint density at radius 1 is 1.13 bits per heavy atom. The fourth-order valence-electron chi connectivity index (χ4n) is 1.09. The zero-order chi connectivity index (χ0) is 11.5. The van der Waals surface area contributed by atoms with Gasteiger partial charge in [-0.3, -0.25) is 0 Å². The van der Waals surface area contributed by atoms with E-state index in [1.807, 2.05) is 12.1 Å². The van der Waals surface area contributed by atoms with E-state index < -0.39 is 15.2 Å². The lowest BCUT2D eigenvalue weighted by molar-refractivity contribution is 0.425. The normalized spacial score (nSPS) is 10.5. The van der Waals surface area contributed by atoms with Gasteiger partial charge in [0.1, 0.15) is 8.07 Å². The van der Waals surface area contributed by atoms with Crippen LogP contribution in [-0.4, -0.2) is 25.2 Å². The molecule has 0 atom stereocenters. The Labute approximate surface area is 92.1 Å². The molecule has 0 saturated carbocycles. The van der Waals surface area contributed by atoms with Crippen LogP contribution in [0.4, 0.5) is 0 Å². The third-order valence-electron chi connectivity index (χ3n) is 1.81. The van der Waals surface area contributed by atoms with Crippen LogP contribution in [0.15, 0.2) is 24.3 Å². The summed E-state index contributed by atoms with van der Waals surface area (Å²) in [6.07, 6.45) is 0. The fourth-order valence-corrected chi connectivity index (χ4v) is 1.60. The Hall–Kier alpha value is -1.02. The van der Waals surface area contributed by atoms with Crippen LogP contribution in [0, 0.1) is 11.5 Å². The molecular weight excluding hydrogens is 203 g/mol. The van der Waals surface area contributed by atoms with Crippen LogP contribution in [-0.2, 0) is 0 Å². The van der Waals surface area contributed by atoms with E-state index in [-0.39, 0.29) is 0 Å². The van der Waals surface area contributed by atoms with Crippen molar-refractivity contribution in [2.45, 2.75) is 19.6 Å². The van der Waals surface area contributed by atoms with E-state index in [0.717, 1.165) is 0 Å². The zero-order valence-electron chi connectivity index (χ0n) is 9.28. The molecule has 78 valence electrons. The topological polar surface area (TPSA) is 40.5 Å². The van der Waals surface area contributed by atoms with Gasteiger partial charge in [-0.2, -0.15) is 0 Å². The van der Waals surface area contributed by atoms with E-state index >= 15 is 0 Å². The largest absolute Gasteiger partial charge is 0.489 e. The van der Waals surface area contributed by atoms with Crippen LogP contribution in [0.3, 0.4) is 0 Å². The van der Waals surface area contributed by atoms with Crippen LogP contribution in [0.5, 0.6) is 0 Å². The number of rotatable bonds is 1. The molecule has 2 nitrogen and oxygen atoms in total. The second-order valence-corrected chi connectivity index (χ2v) is 9.21. The van der Waals surface area contributed by atoms with Gasteiger partial charge in [0.05, 0.1) is 0 Å². The number of hydrogen-bond acceptors (Lipinski definition) is 2. The van der Waals surface area contributed by atoms with E-state index in [0.29, 0.717) is 11.0 Å². The maximum atomic E-state index is 9.13. The van der Waals surface area contributed by atoms with E-state index in [4.69, 9.17) is 10.0 Å². The van der Waals surface area contributed by atoms with E-state index in [1.165, 1.54) is 0 Å². The standard InChI is InChI=1S/C11H15BO2Si/c1-15(2,3)9-8-10-6-4-5-7-11(10)12(13)14/h4-7,13-14H,1-3H3. The van der Waals surface area contributed by atoms with Crippen LogP contribution in [0.2, 0.25) is 19.6 Å². The third-order valence-corrected chi connectivity index (χ3v) is 2.69. The van der Waals surface area contributed by atoms with Crippen molar-refractivity contribution in [1.82, 2.24) is 0 Å². The lowest BCUT2D eigenvalue weighted by Gasteiger charge is -2.05. The predicted octanol–water partition coefficient (Wildman–Crippen LogP) is 0.595. The maximum absolute atomic E-state index is 9.13. The van der Waals surface area contributed by atoms with Crippen molar-refractivity contribution in [2.75, 3.05) is 0 Å². The van der Waals surface area contributed by atoms with E-state index in [9.17, 15) is 0 Å². The maximum Gasteiger partial charge on any atom is 0.489 e. The molecule has 0 aliphatic heterocycles. The summed E-state index contributed by atoms with van der Waals surface area (Å²) >= 11 is 0. The minimum absolute atomic E-state index is 0.475. The molecule has 1 aromatic carbocycles. The van der Waals surface area contributed by atoms with Crippen molar-refractivity contribution in [3.05, 3.63) is 29.8 Å². The van der Waals surface area contributed by atoms with Gasteiger partial charge in [-0.25, -0.2) is 0 Å². The highest BCUT2D eigenvalue weighted by molar-refractivity contribution is 6.83. The van der Waals surface area contributed by atoms with Gasteiger partial charge in [0.15, 0.2) is 0 Å². The Bertz CT molecular complexity index is 399. The Morgan fingerprint density at radius 3 is 2.27 bits per heavy atom. The Balaban J connectivity index is 3.08. The SMILES string of the molecule is C[Si](C)(C)C#Cc1ccccc1B(O)O. The molecule has 0 fully saturated rings. The zero-order valence-corrected chi connectivity index (χ0v) is 10.3. The van der Waals surface area contributed by atoms with E-state index in [1.54, 1.807) is 12.1 Å². The first-order valence-electron chi connectivity index (χ1n) is 4.88. The molecule has 0 heterocycles. The van der Waals surface area contributed by atoms with Gasteiger partial charge < -0.3 is 10.0 Å². The van der Waals surface area contributed by atoms with Crippen molar-refractivity contribution >= 4 is 20.7 Å². The minimum Gasteiger partial charge on any atom is -0.423 e. The molecule has 0 aromatic heterocycles. The summed E-state index contributed by atoms with van der Waals surface area (Å²) in [5.74, 6) is 3.03. The molecule has 15 heavy (non-hydrogen) atoms. The first kappa shape index (κ1) is 12.1. The van der Waals surface area contributed by atoms with Gasteiger partial charge in [-0.15, -0.1) is 5.54 Å². The van der Waals surface area contributed by atoms with Crippen molar-refractivity contribution in [2.24, 2.45) is 0 Å². The third kappa shape index (κ3) is 3.92. The summed E-state index contributed by atoms with van der Waals surface area (Å²) in [4.78, 5) is 0. The summed E-state index contributed by atoms with van der Waals surface area (Å²) < 4.78 is 0. The van der Waals surface area contributed by atoms with Crippen LogP contribution in [0.25, 0.3) is 0 Å². The van der Waals surface area contributed by atoms with Gasteiger partial charge in [0, 0.05) is 5.56 Å². The van der Waals surface area contributed by atoms with Gasteiger partial charge in [0.25, 0.3) is 0 Å². The first-order valence-corrected chi connectivity index (χ1v) is 8.38. The molecule has 0 aliphatic carbocycles. The molecule has 1 aromatic rings. The van der Waals surface area contributed by atoms with E-state index in [2.05, 4.69) is 31.1 Å². The molecule has 0 bridgehead atoms. The monoisotopic (exact) mass is 218 g/mol. The van der Waals surface area contributed by atoms with Gasteiger partial charge in [-0.05, 0) is 11.5 Å². The molecule has 1 rings (SSSR count). The van der Waals surface area contributed by atoms with Crippen LogP contribution < -0.4 is 5.46 Å². The summed E-state index contributed by atoms with van der Waals surface area (Å²) in [5, 5.41) is 18.3. The molecule has 0 aliphatic rings. The highest BCUT2D eigenvalue weighted by atomic mass is 28.3. The highest BCUT2D eigenvalue weighted by Crippen LogP contribution is 1.99. The summed E-state index contributed by atoms with van der Waals surface area (Å²) in [6.45, 7) is 6.45. The lowest BCUT2D eigenvalue weighted by Crippen LogP contribution is -2.32. The second kappa shape index (κ2) is 4.67. The number of benzene rings is 1. The molecule has 2 N–H and O–H groups in total. The second-order valence-electron chi connectivity index (χ2n) is 4.46. The predicted molar refractivity (Wildman–Crippen MR) is 66.5 cm³/mol. The summed E-state index contributed by atoms with van der Waals surface area (Å²) in [7, 11) is -2.87. The van der Waals surface area contributed by atoms with Gasteiger partial charge >= 0.3 is 7.12 Å². The number of hydrogen-bond donors (Lipinski definition) is 2.